The topological polar surface area (TPSA) is 75.7 Å². The number of carbonyl (C=O) groups excluding carboxylic acids is 1. The highest BCUT2D eigenvalue weighted by atomic mass is 32.2. The van der Waals surface area contributed by atoms with Crippen molar-refractivity contribution >= 4 is 21.6 Å². The van der Waals surface area contributed by atoms with E-state index in [0.717, 1.165) is 34.0 Å². The number of ether oxygens (including phenoxy) is 1. The van der Waals surface area contributed by atoms with Crippen molar-refractivity contribution in [2.45, 2.75) is 26.3 Å². The van der Waals surface area contributed by atoms with E-state index in [2.05, 4.69) is 5.32 Å². The molecule has 1 amide bonds. The van der Waals surface area contributed by atoms with E-state index in [1.807, 2.05) is 31.2 Å². The van der Waals surface area contributed by atoms with Crippen LogP contribution in [0.3, 0.4) is 0 Å². The van der Waals surface area contributed by atoms with Crippen LogP contribution in [0.15, 0.2) is 48.5 Å². The van der Waals surface area contributed by atoms with Crippen molar-refractivity contribution in [3.8, 4) is 5.75 Å². The molecule has 2 aromatic carbocycles. The van der Waals surface area contributed by atoms with Crippen LogP contribution in [0.2, 0.25) is 0 Å². The zero-order valence-electron chi connectivity index (χ0n) is 16.2. The molecule has 152 valence electrons. The maximum absolute atomic E-state index is 13.2. The number of hydrogen-bond donors (Lipinski definition) is 1. The highest BCUT2D eigenvalue weighted by molar-refractivity contribution is 7.92. The van der Waals surface area contributed by atoms with Crippen molar-refractivity contribution in [3.63, 3.8) is 0 Å². The van der Waals surface area contributed by atoms with E-state index in [-0.39, 0.29) is 25.3 Å². The smallest absolute Gasteiger partial charge is 0.244 e. The molecule has 6 nitrogen and oxygen atoms in total. The average Bonchev–Trinajstić information content (AvgIpc) is 2.64. The minimum atomic E-state index is -3.75. The molecule has 1 N–H and O–H groups in total. The molecule has 2 aromatic rings. The van der Waals surface area contributed by atoms with Gasteiger partial charge in [-0.3, -0.25) is 9.10 Å². The van der Waals surface area contributed by atoms with Crippen molar-refractivity contribution in [2.24, 2.45) is 0 Å². The van der Waals surface area contributed by atoms with Gasteiger partial charge in [0.05, 0.1) is 18.5 Å². The van der Waals surface area contributed by atoms with Gasteiger partial charge in [0.15, 0.2) is 0 Å². The molecule has 0 bridgehead atoms. The van der Waals surface area contributed by atoms with Crippen LogP contribution in [-0.4, -0.2) is 39.8 Å². The summed E-state index contributed by atoms with van der Waals surface area (Å²) < 4.78 is 44.5. The molecule has 0 aliphatic rings. The summed E-state index contributed by atoms with van der Waals surface area (Å²) in [6.45, 7) is 4.12. The minimum Gasteiger partial charge on any atom is -0.491 e. The fourth-order valence-electron chi connectivity index (χ4n) is 2.82. The van der Waals surface area contributed by atoms with Crippen molar-refractivity contribution in [1.29, 1.82) is 0 Å². The van der Waals surface area contributed by atoms with Gasteiger partial charge in [0.2, 0.25) is 15.9 Å². The number of nitrogens with one attached hydrogen (secondary N) is 1. The maximum Gasteiger partial charge on any atom is 0.244 e. The Morgan fingerprint density at radius 2 is 1.82 bits per heavy atom. The predicted molar refractivity (Wildman–Crippen MR) is 107 cm³/mol. The first-order valence-electron chi connectivity index (χ1n) is 8.95. The Balaban J connectivity index is 2.05. The Morgan fingerprint density at radius 3 is 2.39 bits per heavy atom. The summed E-state index contributed by atoms with van der Waals surface area (Å²) >= 11 is 0. The van der Waals surface area contributed by atoms with Gasteiger partial charge in [0.1, 0.15) is 24.2 Å². The van der Waals surface area contributed by atoms with Crippen LogP contribution in [0.4, 0.5) is 10.1 Å². The molecule has 0 radical (unpaired) electrons. The van der Waals surface area contributed by atoms with Gasteiger partial charge in [0, 0.05) is 0 Å². The van der Waals surface area contributed by atoms with E-state index in [1.165, 1.54) is 12.1 Å². The first-order valence-corrected chi connectivity index (χ1v) is 10.8. The average molecular weight is 408 g/mol. The molecule has 0 saturated carbocycles. The fourth-order valence-corrected chi connectivity index (χ4v) is 4.03. The highest BCUT2D eigenvalue weighted by Crippen LogP contribution is 2.23. The van der Waals surface area contributed by atoms with E-state index >= 15 is 0 Å². The van der Waals surface area contributed by atoms with Gasteiger partial charge in [-0.15, -0.1) is 0 Å². The third kappa shape index (κ3) is 5.69. The number of para-hydroxylation sites is 1. The van der Waals surface area contributed by atoms with E-state index in [9.17, 15) is 17.6 Å². The van der Waals surface area contributed by atoms with Crippen LogP contribution in [0.1, 0.15) is 18.9 Å². The van der Waals surface area contributed by atoms with Crippen molar-refractivity contribution in [1.82, 2.24) is 5.32 Å². The zero-order valence-corrected chi connectivity index (χ0v) is 17.0. The molecule has 0 aliphatic heterocycles. The number of aryl methyl sites for hydroxylation is 1. The van der Waals surface area contributed by atoms with Crippen molar-refractivity contribution in [3.05, 3.63) is 59.9 Å². The largest absolute Gasteiger partial charge is 0.491 e. The molecule has 1 atom stereocenters. The highest BCUT2D eigenvalue weighted by Gasteiger charge is 2.31. The summed E-state index contributed by atoms with van der Waals surface area (Å²) in [6.07, 6.45) is 1.28. The normalized spacial score (nSPS) is 12.3. The fraction of sp³-hybridized carbons (Fsp3) is 0.350. The Bertz CT molecular complexity index is 901. The van der Waals surface area contributed by atoms with Crippen molar-refractivity contribution in [2.75, 3.05) is 23.7 Å². The lowest BCUT2D eigenvalue weighted by Gasteiger charge is -2.30. The second-order valence-corrected chi connectivity index (χ2v) is 8.22. The van der Waals surface area contributed by atoms with Crippen LogP contribution in [0.25, 0.3) is 0 Å². The summed E-state index contributed by atoms with van der Waals surface area (Å²) in [4.78, 5) is 12.6. The lowest BCUT2D eigenvalue weighted by molar-refractivity contribution is -0.122. The maximum atomic E-state index is 13.2. The first-order chi connectivity index (χ1) is 13.2. The number of amides is 1. The molecular weight excluding hydrogens is 383 g/mol. The molecule has 2 rings (SSSR count). The molecular formula is C20H25FN2O4S. The number of halogens is 1. The monoisotopic (exact) mass is 408 g/mol. The second-order valence-electron chi connectivity index (χ2n) is 6.36. The molecule has 0 aromatic heterocycles. The predicted octanol–water partition coefficient (Wildman–Crippen LogP) is 2.87. The summed E-state index contributed by atoms with van der Waals surface area (Å²) in [6, 6.07) is 11.6. The van der Waals surface area contributed by atoms with Gasteiger partial charge < -0.3 is 10.1 Å². The summed E-state index contributed by atoms with van der Waals surface area (Å²) in [7, 11) is -3.75. The van der Waals surface area contributed by atoms with Crippen LogP contribution >= 0.6 is 0 Å². The molecule has 0 aliphatic carbocycles. The van der Waals surface area contributed by atoms with Crippen molar-refractivity contribution < 1.29 is 22.3 Å². The third-order valence-corrected chi connectivity index (χ3v) is 5.34. The van der Waals surface area contributed by atoms with Gasteiger partial charge in [-0.25, -0.2) is 12.8 Å². The lowest BCUT2D eigenvalue weighted by Crippen LogP contribution is -2.50. The molecule has 0 unspecified atom stereocenters. The van der Waals surface area contributed by atoms with E-state index in [4.69, 9.17) is 4.74 Å². The van der Waals surface area contributed by atoms with E-state index < -0.39 is 27.8 Å². The molecule has 8 heteroatoms. The Labute approximate surface area is 165 Å². The molecule has 0 heterocycles. The van der Waals surface area contributed by atoms with E-state index in [0.29, 0.717) is 0 Å². The number of hydrogen-bond acceptors (Lipinski definition) is 4. The Hall–Kier alpha value is -2.61. The Kier molecular flexibility index (Phi) is 7.39. The summed E-state index contributed by atoms with van der Waals surface area (Å²) in [5, 5.41) is 2.71. The number of nitrogens with zero attached hydrogens (tertiary/aromatic N) is 1. The minimum absolute atomic E-state index is 0.227. The van der Waals surface area contributed by atoms with Gasteiger partial charge in [-0.1, -0.05) is 25.1 Å². The van der Waals surface area contributed by atoms with Gasteiger partial charge in [-0.05, 0) is 49.2 Å². The van der Waals surface area contributed by atoms with Crippen LogP contribution in [0, 0.1) is 12.7 Å². The number of rotatable bonds is 9. The lowest BCUT2D eigenvalue weighted by atomic mass is 10.2. The Morgan fingerprint density at radius 1 is 1.18 bits per heavy atom. The number of benzene rings is 2. The molecule has 0 spiro atoms. The van der Waals surface area contributed by atoms with Crippen LogP contribution in [-0.2, 0) is 14.8 Å². The summed E-state index contributed by atoms with van der Waals surface area (Å²) in [5.74, 6) is -0.193. The van der Waals surface area contributed by atoms with Gasteiger partial charge in [-0.2, -0.15) is 0 Å². The number of sulfonamides is 1. The van der Waals surface area contributed by atoms with Crippen LogP contribution in [0.5, 0.6) is 5.75 Å². The molecule has 0 saturated heterocycles. The molecule has 0 fully saturated rings. The SMILES string of the molecule is CC[C@H](C(=O)NCCOc1ccccc1C)N(c1ccc(F)cc1)S(C)(=O)=O. The second kappa shape index (κ2) is 9.54. The van der Waals surface area contributed by atoms with E-state index in [1.54, 1.807) is 6.92 Å². The summed E-state index contributed by atoms with van der Waals surface area (Å²) in [5.41, 5.74) is 1.22. The third-order valence-electron chi connectivity index (χ3n) is 4.16. The quantitative estimate of drug-likeness (QED) is 0.648. The number of anilines is 1. The van der Waals surface area contributed by atoms with Gasteiger partial charge in [0.25, 0.3) is 0 Å². The van der Waals surface area contributed by atoms with Gasteiger partial charge >= 0.3 is 0 Å². The number of carbonyl (C=O) groups is 1. The van der Waals surface area contributed by atoms with Crippen LogP contribution < -0.4 is 14.4 Å². The first kappa shape index (κ1) is 21.7. The molecule has 28 heavy (non-hydrogen) atoms. The standard InChI is InChI=1S/C20H25FN2O4S/c1-4-18(23(28(3,25)26)17-11-9-16(21)10-12-17)20(24)22-13-14-27-19-8-6-5-7-15(19)2/h5-12,18H,4,13-14H2,1-3H3,(H,22,24)/t18-/m1/s1. The zero-order chi connectivity index (χ0) is 20.7.